The fourth-order valence-corrected chi connectivity index (χ4v) is 3.82. The number of rotatable bonds is 4. The molecule has 1 aromatic heterocycles. The minimum atomic E-state index is -3.64. The van der Waals surface area contributed by atoms with E-state index in [2.05, 4.69) is 14.7 Å². The van der Waals surface area contributed by atoms with Crippen molar-refractivity contribution in [2.45, 2.75) is 49.6 Å². The molecule has 0 aromatic carbocycles. The highest BCUT2D eigenvalue weighted by atomic mass is 32.2. The average Bonchev–Trinajstić information content (AvgIpc) is 2.77. The van der Waals surface area contributed by atoms with E-state index in [1.54, 1.807) is 6.92 Å². The average molecular weight is 273 g/mol. The predicted molar refractivity (Wildman–Crippen MR) is 66.5 cm³/mol. The molecule has 6 nitrogen and oxygen atoms in total. The van der Waals surface area contributed by atoms with Gasteiger partial charge in [-0.15, -0.1) is 0 Å². The lowest BCUT2D eigenvalue weighted by atomic mass is 9.83. The van der Waals surface area contributed by atoms with Gasteiger partial charge in [-0.1, -0.05) is 19.3 Å². The van der Waals surface area contributed by atoms with Gasteiger partial charge in [0.2, 0.25) is 0 Å². The Balaban J connectivity index is 2.21. The van der Waals surface area contributed by atoms with E-state index in [-0.39, 0.29) is 11.6 Å². The second-order valence-electron chi connectivity index (χ2n) is 4.94. The Morgan fingerprint density at radius 2 is 2.11 bits per heavy atom. The lowest BCUT2D eigenvalue weighted by Gasteiger charge is -2.35. The summed E-state index contributed by atoms with van der Waals surface area (Å²) in [4.78, 5) is 6.59. The van der Waals surface area contributed by atoms with Gasteiger partial charge in [-0.25, -0.2) is 18.1 Å². The van der Waals surface area contributed by atoms with Crippen LogP contribution in [0.4, 0.5) is 0 Å². The monoisotopic (exact) mass is 273 g/mol. The molecule has 0 unspecified atom stereocenters. The Morgan fingerprint density at radius 3 is 2.61 bits per heavy atom. The molecule has 1 aliphatic rings. The van der Waals surface area contributed by atoms with Crippen molar-refractivity contribution in [3.05, 3.63) is 12.0 Å². The molecular formula is C11H19N3O3S. The smallest absolute Gasteiger partial charge is 0.258 e. The van der Waals surface area contributed by atoms with E-state index in [9.17, 15) is 13.5 Å². The van der Waals surface area contributed by atoms with Crippen molar-refractivity contribution in [3.63, 3.8) is 0 Å². The zero-order valence-corrected chi connectivity index (χ0v) is 11.3. The minimum Gasteiger partial charge on any atom is -0.394 e. The molecule has 0 atom stereocenters. The van der Waals surface area contributed by atoms with Gasteiger partial charge in [0.1, 0.15) is 5.82 Å². The number of aromatic amines is 1. The van der Waals surface area contributed by atoms with E-state index in [1.165, 1.54) is 6.20 Å². The van der Waals surface area contributed by atoms with E-state index in [1.807, 2.05) is 0 Å². The maximum atomic E-state index is 12.2. The second kappa shape index (κ2) is 4.99. The van der Waals surface area contributed by atoms with Crippen molar-refractivity contribution in [2.24, 2.45) is 0 Å². The summed E-state index contributed by atoms with van der Waals surface area (Å²) in [7, 11) is -3.64. The van der Waals surface area contributed by atoms with Gasteiger partial charge in [-0.2, -0.15) is 0 Å². The summed E-state index contributed by atoms with van der Waals surface area (Å²) in [5, 5.41) is 9.56. The van der Waals surface area contributed by atoms with Gasteiger partial charge < -0.3 is 10.1 Å². The fourth-order valence-electron chi connectivity index (χ4n) is 2.40. The topological polar surface area (TPSA) is 95.1 Å². The van der Waals surface area contributed by atoms with Gasteiger partial charge in [0, 0.05) is 0 Å². The highest BCUT2D eigenvalue weighted by Gasteiger charge is 2.36. The third-order valence-corrected chi connectivity index (χ3v) is 4.92. The molecule has 1 saturated carbocycles. The summed E-state index contributed by atoms with van der Waals surface area (Å²) in [5.41, 5.74) is -0.712. The maximum absolute atomic E-state index is 12.2. The molecule has 0 radical (unpaired) electrons. The summed E-state index contributed by atoms with van der Waals surface area (Å²) in [6, 6.07) is 0. The van der Waals surface area contributed by atoms with Crippen LogP contribution in [-0.2, 0) is 10.0 Å². The molecule has 0 saturated heterocycles. The molecule has 7 heteroatoms. The Bertz CT molecular complexity index is 503. The van der Waals surface area contributed by atoms with E-state index >= 15 is 0 Å². The summed E-state index contributed by atoms with van der Waals surface area (Å²) in [5.74, 6) is 0.553. The minimum absolute atomic E-state index is 0.0541. The van der Waals surface area contributed by atoms with Crippen molar-refractivity contribution in [3.8, 4) is 0 Å². The Kier molecular flexibility index (Phi) is 3.74. The van der Waals surface area contributed by atoms with Gasteiger partial charge in [0.15, 0.2) is 5.03 Å². The van der Waals surface area contributed by atoms with Crippen LogP contribution in [0.1, 0.15) is 37.9 Å². The highest BCUT2D eigenvalue weighted by molar-refractivity contribution is 7.89. The first-order chi connectivity index (χ1) is 8.47. The Hall–Kier alpha value is -0.920. The van der Waals surface area contributed by atoms with Crippen LogP contribution in [0.5, 0.6) is 0 Å². The lowest BCUT2D eigenvalue weighted by Crippen LogP contribution is -2.52. The van der Waals surface area contributed by atoms with Crippen molar-refractivity contribution >= 4 is 10.0 Å². The van der Waals surface area contributed by atoms with E-state index in [0.29, 0.717) is 18.7 Å². The van der Waals surface area contributed by atoms with Gasteiger partial charge >= 0.3 is 0 Å². The SMILES string of the molecule is Cc1ncc(S(=O)(=O)NC2(CO)CCCCC2)[nH]1. The van der Waals surface area contributed by atoms with Crippen LogP contribution in [0, 0.1) is 6.92 Å². The number of aliphatic hydroxyl groups excluding tert-OH is 1. The molecule has 102 valence electrons. The van der Waals surface area contributed by atoms with E-state index < -0.39 is 15.6 Å². The third-order valence-electron chi connectivity index (χ3n) is 3.43. The fraction of sp³-hybridized carbons (Fsp3) is 0.727. The summed E-state index contributed by atoms with van der Waals surface area (Å²) >= 11 is 0. The number of sulfonamides is 1. The second-order valence-corrected chi connectivity index (χ2v) is 6.59. The van der Waals surface area contributed by atoms with Crippen LogP contribution in [0.3, 0.4) is 0 Å². The van der Waals surface area contributed by atoms with Gasteiger partial charge in [-0.3, -0.25) is 0 Å². The van der Waals surface area contributed by atoms with E-state index in [4.69, 9.17) is 0 Å². The molecule has 1 fully saturated rings. The van der Waals surface area contributed by atoms with Crippen LogP contribution in [-0.4, -0.2) is 35.6 Å². The quantitative estimate of drug-likeness (QED) is 0.752. The van der Waals surface area contributed by atoms with Gasteiger partial charge in [-0.05, 0) is 19.8 Å². The molecule has 1 aliphatic carbocycles. The first-order valence-corrected chi connectivity index (χ1v) is 7.62. The first-order valence-electron chi connectivity index (χ1n) is 6.14. The number of aryl methyl sites for hydroxylation is 1. The molecule has 0 bridgehead atoms. The molecule has 18 heavy (non-hydrogen) atoms. The van der Waals surface area contributed by atoms with Crippen LogP contribution in [0.25, 0.3) is 0 Å². The number of nitrogens with one attached hydrogen (secondary N) is 2. The predicted octanol–water partition coefficient (Wildman–Crippen LogP) is 0.692. The number of imidazole rings is 1. The number of aromatic nitrogens is 2. The Labute approximate surface area is 107 Å². The van der Waals surface area contributed by atoms with Crippen molar-refractivity contribution in [1.82, 2.24) is 14.7 Å². The Morgan fingerprint density at radius 1 is 1.44 bits per heavy atom. The molecule has 0 spiro atoms. The van der Waals surface area contributed by atoms with Crippen LogP contribution in [0.2, 0.25) is 0 Å². The third kappa shape index (κ3) is 2.73. The number of aliphatic hydroxyl groups is 1. The molecule has 2 rings (SSSR count). The zero-order valence-electron chi connectivity index (χ0n) is 10.4. The molecule has 0 amide bonds. The first kappa shape index (κ1) is 13.5. The van der Waals surface area contributed by atoms with E-state index in [0.717, 1.165) is 19.3 Å². The summed E-state index contributed by atoms with van der Waals surface area (Å²) < 4.78 is 27.0. The highest BCUT2D eigenvalue weighted by Crippen LogP contribution is 2.29. The lowest BCUT2D eigenvalue weighted by molar-refractivity contribution is 0.142. The number of nitrogens with zero attached hydrogens (tertiary/aromatic N) is 1. The molecule has 3 N–H and O–H groups in total. The van der Waals surface area contributed by atoms with Crippen molar-refractivity contribution in [2.75, 3.05) is 6.61 Å². The molecule has 0 aliphatic heterocycles. The number of hydrogen-bond donors (Lipinski definition) is 3. The van der Waals surface area contributed by atoms with Crippen molar-refractivity contribution < 1.29 is 13.5 Å². The number of H-pyrrole nitrogens is 1. The number of hydrogen-bond acceptors (Lipinski definition) is 4. The normalized spacial score (nSPS) is 19.9. The van der Waals surface area contributed by atoms with Crippen LogP contribution >= 0.6 is 0 Å². The maximum Gasteiger partial charge on any atom is 0.258 e. The van der Waals surface area contributed by atoms with Crippen LogP contribution in [0.15, 0.2) is 11.2 Å². The van der Waals surface area contributed by atoms with Gasteiger partial charge in [0.25, 0.3) is 10.0 Å². The molecule has 1 aromatic rings. The zero-order chi connectivity index (χ0) is 13.2. The largest absolute Gasteiger partial charge is 0.394 e. The molecular weight excluding hydrogens is 254 g/mol. The molecule has 1 heterocycles. The van der Waals surface area contributed by atoms with Crippen molar-refractivity contribution in [1.29, 1.82) is 0 Å². The standard InChI is InChI=1S/C11H19N3O3S/c1-9-12-7-10(13-9)18(16,17)14-11(8-15)5-3-2-4-6-11/h7,14-15H,2-6,8H2,1H3,(H,12,13). The van der Waals surface area contributed by atoms with Gasteiger partial charge in [0.05, 0.1) is 18.3 Å². The summed E-state index contributed by atoms with van der Waals surface area (Å²) in [6.45, 7) is 1.53. The summed E-state index contributed by atoms with van der Waals surface area (Å²) in [6.07, 6.45) is 5.61. The van der Waals surface area contributed by atoms with Crippen LogP contribution < -0.4 is 4.72 Å².